The molecule has 0 radical (unpaired) electrons. The molecule has 0 aromatic carbocycles. The molecule has 178 valence electrons. The summed E-state index contributed by atoms with van der Waals surface area (Å²) in [5.74, 6) is 1.18. The zero-order valence-electron chi connectivity index (χ0n) is 17.7. The van der Waals surface area contributed by atoms with Crippen molar-refractivity contribution in [3.05, 3.63) is 18.0 Å². The highest BCUT2D eigenvalue weighted by atomic mass is 127. The number of alkyl halides is 3. The minimum Gasteiger partial charge on any atom is -0.381 e. The van der Waals surface area contributed by atoms with Crippen molar-refractivity contribution in [2.75, 3.05) is 57.9 Å². The molecule has 3 N–H and O–H groups in total. The SMILES string of the molecule is CCNC(=NCCCOCC1CCOCC1)NCCNc1nccc(C(F)(F)F)n1.I. The van der Waals surface area contributed by atoms with Crippen LogP contribution < -0.4 is 16.0 Å². The van der Waals surface area contributed by atoms with E-state index in [-0.39, 0.29) is 29.9 Å². The Bertz CT molecular complexity index is 645. The third kappa shape index (κ3) is 11.7. The van der Waals surface area contributed by atoms with Gasteiger partial charge in [0.15, 0.2) is 5.96 Å². The van der Waals surface area contributed by atoms with Crippen molar-refractivity contribution in [1.29, 1.82) is 0 Å². The number of aliphatic imine (C=N–C) groups is 1. The highest BCUT2D eigenvalue weighted by molar-refractivity contribution is 14.0. The largest absolute Gasteiger partial charge is 0.433 e. The van der Waals surface area contributed by atoms with Crippen molar-refractivity contribution in [3.8, 4) is 0 Å². The van der Waals surface area contributed by atoms with Crippen molar-refractivity contribution in [1.82, 2.24) is 20.6 Å². The van der Waals surface area contributed by atoms with Crippen LogP contribution in [0.15, 0.2) is 17.3 Å². The minimum absolute atomic E-state index is 0. The third-order valence-corrected chi connectivity index (χ3v) is 4.40. The maximum Gasteiger partial charge on any atom is 0.433 e. The van der Waals surface area contributed by atoms with Crippen LogP contribution in [-0.4, -0.2) is 68.5 Å². The Labute approximate surface area is 198 Å². The smallest absolute Gasteiger partial charge is 0.381 e. The monoisotopic (exact) mass is 560 g/mol. The Morgan fingerprint density at radius 2 is 2.03 bits per heavy atom. The number of ether oxygens (including phenoxy) is 2. The molecule has 8 nitrogen and oxygen atoms in total. The average molecular weight is 560 g/mol. The van der Waals surface area contributed by atoms with E-state index in [1.54, 1.807) is 0 Å². The van der Waals surface area contributed by atoms with E-state index >= 15 is 0 Å². The molecule has 12 heteroatoms. The summed E-state index contributed by atoms with van der Waals surface area (Å²) in [4.78, 5) is 11.7. The van der Waals surface area contributed by atoms with Crippen molar-refractivity contribution in [2.24, 2.45) is 10.9 Å². The predicted octanol–water partition coefficient (Wildman–Crippen LogP) is 2.91. The lowest BCUT2D eigenvalue weighted by Gasteiger charge is -2.21. The average Bonchev–Trinajstić information content (AvgIpc) is 2.74. The first-order valence-electron chi connectivity index (χ1n) is 10.3. The Balaban J connectivity index is 0.00000480. The molecule has 0 spiro atoms. The van der Waals surface area contributed by atoms with Gasteiger partial charge in [0.25, 0.3) is 0 Å². The van der Waals surface area contributed by atoms with E-state index < -0.39 is 11.9 Å². The molecular weight excluding hydrogens is 528 g/mol. The van der Waals surface area contributed by atoms with Gasteiger partial charge in [0, 0.05) is 58.8 Å². The van der Waals surface area contributed by atoms with Gasteiger partial charge in [0.05, 0.1) is 0 Å². The molecule has 0 unspecified atom stereocenters. The summed E-state index contributed by atoms with van der Waals surface area (Å²) in [7, 11) is 0. The Morgan fingerprint density at radius 3 is 2.74 bits per heavy atom. The van der Waals surface area contributed by atoms with Crippen LogP contribution in [-0.2, 0) is 15.7 Å². The molecule has 2 heterocycles. The quantitative estimate of drug-likeness (QED) is 0.166. The van der Waals surface area contributed by atoms with Crippen LogP contribution >= 0.6 is 24.0 Å². The minimum atomic E-state index is -4.49. The van der Waals surface area contributed by atoms with Gasteiger partial charge in [-0.15, -0.1) is 24.0 Å². The van der Waals surface area contributed by atoms with Crippen LogP contribution in [0.4, 0.5) is 19.1 Å². The maximum atomic E-state index is 12.7. The molecule has 0 aliphatic carbocycles. The second-order valence-electron chi connectivity index (χ2n) is 6.86. The molecule has 0 saturated carbocycles. The molecular formula is C19H32F3IN6O2. The standard InChI is InChI=1S/C19H31F3N6O2.HI/c1-2-23-17(24-7-3-11-30-14-15-5-12-29-13-6-15)26-9-10-27-18-25-8-4-16(28-18)19(20,21)22;/h4,8,15H,2-3,5-7,9-14H2,1H3,(H2,23,24,26)(H,25,27,28);1H. The number of anilines is 1. The van der Waals surface area contributed by atoms with Crippen LogP contribution in [0.2, 0.25) is 0 Å². The topological polar surface area (TPSA) is 92.7 Å². The molecule has 1 fully saturated rings. The summed E-state index contributed by atoms with van der Waals surface area (Å²) in [6.07, 6.45) is -0.465. The molecule has 1 aliphatic heterocycles. The molecule has 31 heavy (non-hydrogen) atoms. The van der Waals surface area contributed by atoms with Crippen LogP contribution in [0, 0.1) is 5.92 Å². The normalized spacial score (nSPS) is 15.3. The van der Waals surface area contributed by atoms with Crippen LogP contribution in [0.1, 0.15) is 31.9 Å². The zero-order chi connectivity index (χ0) is 21.7. The first-order chi connectivity index (χ1) is 14.5. The van der Waals surface area contributed by atoms with Crippen molar-refractivity contribution in [2.45, 2.75) is 32.4 Å². The second-order valence-corrected chi connectivity index (χ2v) is 6.86. The Hall–Kier alpha value is -1.41. The van der Waals surface area contributed by atoms with E-state index in [1.807, 2.05) is 6.92 Å². The molecule has 0 amide bonds. The van der Waals surface area contributed by atoms with E-state index in [0.717, 1.165) is 51.3 Å². The first kappa shape index (κ1) is 27.6. The number of halogens is 4. The lowest BCUT2D eigenvalue weighted by Crippen LogP contribution is -2.39. The fraction of sp³-hybridized carbons (Fsp3) is 0.737. The van der Waals surface area contributed by atoms with Gasteiger partial charge < -0.3 is 25.4 Å². The van der Waals surface area contributed by atoms with E-state index in [9.17, 15) is 13.2 Å². The summed E-state index contributed by atoms with van der Waals surface area (Å²) in [6, 6.07) is 0.840. The summed E-state index contributed by atoms with van der Waals surface area (Å²) in [6.45, 7) is 7.16. The number of nitrogens with zero attached hydrogens (tertiary/aromatic N) is 3. The van der Waals surface area contributed by atoms with Gasteiger partial charge in [0.2, 0.25) is 5.95 Å². The highest BCUT2D eigenvalue weighted by Crippen LogP contribution is 2.27. The second kappa shape index (κ2) is 15.4. The lowest BCUT2D eigenvalue weighted by molar-refractivity contribution is -0.141. The molecule has 1 saturated heterocycles. The first-order valence-corrected chi connectivity index (χ1v) is 10.3. The number of guanidine groups is 1. The fourth-order valence-corrected chi connectivity index (χ4v) is 2.82. The number of nitrogens with one attached hydrogen (secondary N) is 3. The zero-order valence-corrected chi connectivity index (χ0v) is 20.0. The van der Waals surface area contributed by atoms with Gasteiger partial charge in [-0.1, -0.05) is 0 Å². The summed E-state index contributed by atoms with van der Waals surface area (Å²) in [5, 5.41) is 9.02. The molecule has 1 aromatic rings. The van der Waals surface area contributed by atoms with E-state index in [1.165, 1.54) is 0 Å². The molecule has 0 atom stereocenters. The molecule has 0 bridgehead atoms. The van der Waals surface area contributed by atoms with E-state index in [0.29, 0.717) is 44.7 Å². The van der Waals surface area contributed by atoms with Gasteiger partial charge in [-0.25, -0.2) is 9.97 Å². The molecule has 1 aliphatic rings. The van der Waals surface area contributed by atoms with Crippen LogP contribution in [0.25, 0.3) is 0 Å². The predicted molar refractivity (Wildman–Crippen MR) is 124 cm³/mol. The lowest BCUT2D eigenvalue weighted by atomic mass is 10.0. The fourth-order valence-electron chi connectivity index (χ4n) is 2.82. The van der Waals surface area contributed by atoms with Gasteiger partial charge in [-0.2, -0.15) is 13.2 Å². The van der Waals surface area contributed by atoms with Crippen molar-refractivity contribution in [3.63, 3.8) is 0 Å². The summed E-state index contributed by atoms with van der Waals surface area (Å²) >= 11 is 0. The number of rotatable bonds is 11. The van der Waals surface area contributed by atoms with Gasteiger partial charge in [-0.05, 0) is 38.2 Å². The number of hydrogen-bond acceptors (Lipinski definition) is 6. The number of aromatic nitrogens is 2. The van der Waals surface area contributed by atoms with Crippen molar-refractivity contribution < 1.29 is 22.6 Å². The number of hydrogen-bond donors (Lipinski definition) is 3. The third-order valence-electron chi connectivity index (χ3n) is 4.40. The van der Waals surface area contributed by atoms with Gasteiger partial charge in [-0.3, -0.25) is 4.99 Å². The summed E-state index contributed by atoms with van der Waals surface area (Å²) < 4.78 is 49.1. The van der Waals surface area contributed by atoms with Gasteiger partial charge >= 0.3 is 6.18 Å². The van der Waals surface area contributed by atoms with E-state index in [4.69, 9.17) is 9.47 Å². The van der Waals surface area contributed by atoms with E-state index in [2.05, 4.69) is 30.9 Å². The van der Waals surface area contributed by atoms with Crippen LogP contribution in [0.3, 0.4) is 0 Å². The Morgan fingerprint density at radius 1 is 1.26 bits per heavy atom. The maximum absolute atomic E-state index is 12.7. The van der Waals surface area contributed by atoms with Gasteiger partial charge in [0.1, 0.15) is 5.69 Å². The molecule has 1 aromatic heterocycles. The Kier molecular flexibility index (Phi) is 13.7. The van der Waals surface area contributed by atoms with Crippen molar-refractivity contribution >= 4 is 35.9 Å². The van der Waals surface area contributed by atoms with Crippen LogP contribution in [0.5, 0.6) is 0 Å². The molecule has 2 rings (SSSR count). The summed E-state index contributed by atoms with van der Waals surface area (Å²) in [5.41, 5.74) is -0.970. The highest BCUT2D eigenvalue weighted by Gasteiger charge is 2.32.